The molecule has 1 aromatic heterocycles. The van der Waals surface area contributed by atoms with E-state index in [-0.39, 0.29) is 11.8 Å². The van der Waals surface area contributed by atoms with Crippen LogP contribution in [0.4, 0.5) is 11.5 Å². The molecule has 2 heterocycles. The first-order valence-corrected chi connectivity index (χ1v) is 6.95. The topological polar surface area (TPSA) is 69.8 Å². The lowest BCUT2D eigenvalue weighted by molar-refractivity contribution is -0.117. The summed E-state index contributed by atoms with van der Waals surface area (Å²) in [6.07, 6.45) is 3.40. The minimum Gasteiger partial charge on any atom is -0.385 e. The number of fused-ring (bicyclic) bond motifs is 1. The number of carbonyl (C=O) groups excluding carboxylic acids is 1. The lowest BCUT2D eigenvalue weighted by atomic mass is 9.90. The van der Waals surface area contributed by atoms with Crippen molar-refractivity contribution in [2.24, 2.45) is 0 Å². The van der Waals surface area contributed by atoms with Crippen LogP contribution in [0.25, 0.3) is 0 Å². The van der Waals surface area contributed by atoms with Crippen molar-refractivity contribution in [3.63, 3.8) is 0 Å². The smallest absolute Gasteiger partial charge is 0.233 e. The summed E-state index contributed by atoms with van der Waals surface area (Å²) in [6.45, 7) is 2.86. The zero-order valence-corrected chi connectivity index (χ0v) is 11.4. The SMILES string of the molecule is CCc1cn[nH]c1NC(=O)C1CCNc2ccccc21. The van der Waals surface area contributed by atoms with E-state index in [1.807, 2.05) is 31.2 Å². The van der Waals surface area contributed by atoms with E-state index in [2.05, 4.69) is 20.8 Å². The third-order valence-electron chi connectivity index (χ3n) is 3.75. The average Bonchev–Trinajstić information content (AvgIpc) is 2.93. The van der Waals surface area contributed by atoms with Crippen molar-refractivity contribution < 1.29 is 4.79 Å². The summed E-state index contributed by atoms with van der Waals surface area (Å²) in [5, 5.41) is 13.1. The highest BCUT2D eigenvalue weighted by atomic mass is 16.2. The third-order valence-corrected chi connectivity index (χ3v) is 3.75. The molecular weight excluding hydrogens is 252 g/mol. The first-order valence-electron chi connectivity index (χ1n) is 6.95. The second-order valence-corrected chi connectivity index (χ2v) is 4.97. The van der Waals surface area contributed by atoms with Gasteiger partial charge in [0.2, 0.25) is 5.91 Å². The Morgan fingerprint density at radius 3 is 3.15 bits per heavy atom. The van der Waals surface area contributed by atoms with Crippen molar-refractivity contribution in [2.75, 3.05) is 17.2 Å². The van der Waals surface area contributed by atoms with E-state index in [0.29, 0.717) is 5.82 Å². The number of benzene rings is 1. The maximum atomic E-state index is 12.5. The Hall–Kier alpha value is -2.30. The van der Waals surface area contributed by atoms with Crippen LogP contribution >= 0.6 is 0 Å². The van der Waals surface area contributed by atoms with Gasteiger partial charge in [-0.05, 0) is 24.5 Å². The van der Waals surface area contributed by atoms with E-state index in [1.54, 1.807) is 6.20 Å². The Balaban J connectivity index is 1.82. The van der Waals surface area contributed by atoms with Gasteiger partial charge in [0.05, 0.1) is 12.1 Å². The fourth-order valence-corrected chi connectivity index (χ4v) is 2.64. The van der Waals surface area contributed by atoms with E-state index >= 15 is 0 Å². The molecule has 1 aromatic carbocycles. The number of hydrogen-bond donors (Lipinski definition) is 3. The molecule has 3 rings (SSSR count). The van der Waals surface area contributed by atoms with Crippen molar-refractivity contribution in [2.45, 2.75) is 25.7 Å². The standard InChI is InChI=1S/C15H18N4O/c1-2-10-9-17-19-14(10)18-15(20)12-7-8-16-13-6-4-3-5-11(12)13/h3-6,9,12,16H,2,7-8H2,1H3,(H2,17,18,19,20). The number of aromatic nitrogens is 2. The number of anilines is 2. The normalized spacial score (nSPS) is 17.1. The van der Waals surface area contributed by atoms with Crippen LogP contribution in [0.1, 0.15) is 30.4 Å². The lowest BCUT2D eigenvalue weighted by Gasteiger charge is -2.25. The van der Waals surface area contributed by atoms with Crippen molar-refractivity contribution in [3.8, 4) is 0 Å². The maximum Gasteiger partial charge on any atom is 0.233 e. The van der Waals surface area contributed by atoms with Crippen LogP contribution in [0.3, 0.4) is 0 Å². The summed E-state index contributed by atoms with van der Waals surface area (Å²) in [7, 11) is 0. The molecule has 1 aliphatic heterocycles. The number of hydrogen-bond acceptors (Lipinski definition) is 3. The van der Waals surface area contributed by atoms with Gasteiger partial charge in [0.15, 0.2) is 0 Å². The van der Waals surface area contributed by atoms with Gasteiger partial charge in [0, 0.05) is 17.8 Å². The fraction of sp³-hybridized carbons (Fsp3) is 0.333. The quantitative estimate of drug-likeness (QED) is 0.802. The number of H-pyrrole nitrogens is 1. The lowest BCUT2D eigenvalue weighted by Crippen LogP contribution is -2.27. The fourth-order valence-electron chi connectivity index (χ4n) is 2.64. The third kappa shape index (κ3) is 2.27. The van der Waals surface area contributed by atoms with Crippen LogP contribution in [0.15, 0.2) is 30.5 Å². The number of para-hydroxylation sites is 1. The van der Waals surface area contributed by atoms with Crippen LogP contribution in [0.5, 0.6) is 0 Å². The molecule has 1 aliphatic rings. The largest absolute Gasteiger partial charge is 0.385 e. The van der Waals surface area contributed by atoms with Gasteiger partial charge in [0.25, 0.3) is 0 Å². The average molecular weight is 270 g/mol. The van der Waals surface area contributed by atoms with Crippen molar-refractivity contribution in [1.82, 2.24) is 10.2 Å². The molecule has 0 spiro atoms. The molecule has 1 amide bonds. The molecule has 5 nitrogen and oxygen atoms in total. The first-order chi connectivity index (χ1) is 9.79. The summed E-state index contributed by atoms with van der Waals surface area (Å²) in [4.78, 5) is 12.5. The van der Waals surface area contributed by atoms with Gasteiger partial charge in [-0.2, -0.15) is 5.10 Å². The Labute approximate surface area is 117 Å². The molecule has 3 N–H and O–H groups in total. The highest BCUT2D eigenvalue weighted by Gasteiger charge is 2.26. The molecule has 0 bridgehead atoms. The van der Waals surface area contributed by atoms with E-state index in [9.17, 15) is 4.79 Å². The second kappa shape index (κ2) is 5.36. The number of nitrogens with zero attached hydrogens (tertiary/aromatic N) is 1. The van der Waals surface area contributed by atoms with Crippen LogP contribution in [0, 0.1) is 0 Å². The van der Waals surface area contributed by atoms with Crippen LogP contribution in [-0.2, 0) is 11.2 Å². The van der Waals surface area contributed by atoms with Crippen molar-refractivity contribution >= 4 is 17.4 Å². The summed E-state index contributed by atoms with van der Waals surface area (Å²) in [6, 6.07) is 7.98. The van der Waals surface area contributed by atoms with Gasteiger partial charge in [-0.1, -0.05) is 25.1 Å². The highest BCUT2D eigenvalue weighted by molar-refractivity contribution is 5.97. The molecule has 0 saturated carbocycles. The number of aryl methyl sites for hydroxylation is 1. The highest BCUT2D eigenvalue weighted by Crippen LogP contribution is 2.32. The Morgan fingerprint density at radius 2 is 2.30 bits per heavy atom. The molecule has 0 radical (unpaired) electrons. The van der Waals surface area contributed by atoms with Gasteiger partial charge in [0.1, 0.15) is 5.82 Å². The Kier molecular flexibility index (Phi) is 3.41. The zero-order valence-electron chi connectivity index (χ0n) is 11.4. The van der Waals surface area contributed by atoms with E-state index < -0.39 is 0 Å². The maximum absolute atomic E-state index is 12.5. The zero-order chi connectivity index (χ0) is 13.9. The molecule has 104 valence electrons. The van der Waals surface area contributed by atoms with Gasteiger partial charge < -0.3 is 10.6 Å². The number of rotatable bonds is 3. The summed E-state index contributed by atoms with van der Waals surface area (Å²) in [5.41, 5.74) is 3.15. The minimum absolute atomic E-state index is 0.0258. The second-order valence-electron chi connectivity index (χ2n) is 4.97. The number of amides is 1. The minimum atomic E-state index is -0.111. The van der Waals surface area contributed by atoms with Crippen LogP contribution in [-0.4, -0.2) is 22.6 Å². The van der Waals surface area contributed by atoms with E-state index in [0.717, 1.165) is 36.2 Å². The summed E-state index contributed by atoms with van der Waals surface area (Å²) >= 11 is 0. The molecule has 1 atom stereocenters. The van der Waals surface area contributed by atoms with Gasteiger partial charge in [-0.15, -0.1) is 0 Å². The number of aromatic amines is 1. The molecule has 0 fully saturated rings. The predicted molar refractivity (Wildman–Crippen MR) is 78.9 cm³/mol. The number of nitrogens with one attached hydrogen (secondary N) is 3. The van der Waals surface area contributed by atoms with Crippen LogP contribution < -0.4 is 10.6 Å². The first kappa shape index (κ1) is 12.7. The van der Waals surface area contributed by atoms with Crippen molar-refractivity contribution in [3.05, 3.63) is 41.6 Å². The molecule has 1 unspecified atom stereocenters. The van der Waals surface area contributed by atoms with Gasteiger partial charge in [-0.3, -0.25) is 9.89 Å². The molecule has 5 heteroatoms. The molecular formula is C15H18N4O. The van der Waals surface area contributed by atoms with Gasteiger partial charge in [-0.25, -0.2) is 0 Å². The Morgan fingerprint density at radius 1 is 1.45 bits per heavy atom. The van der Waals surface area contributed by atoms with Gasteiger partial charge >= 0.3 is 0 Å². The van der Waals surface area contributed by atoms with Crippen LogP contribution in [0.2, 0.25) is 0 Å². The number of carbonyl (C=O) groups is 1. The Bertz CT molecular complexity index is 620. The molecule has 0 saturated heterocycles. The molecule has 20 heavy (non-hydrogen) atoms. The molecule has 0 aliphatic carbocycles. The monoisotopic (exact) mass is 270 g/mol. The van der Waals surface area contributed by atoms with E-state index in [1.165, 1.54) is 0 Å². The van der Waals surface area contributed by atoms with E-state index in [4.69, 9.17) is 0 Å². The summed E-state index contributed by atoms with van der Waals surface area (Å²) in [5.74, 6) is 0.631. The van der Waals surface area contributed by atoms with Crippen molar-refractivity contribution in [1.29, 1.82) is 0 Å². The predicted octanol–water partition coefficient (Wildman–Crippen LogP) is 2.51. The summed E-state index contributed by atoms with van der Waals surface area (Å²) < 4.78 is 0. The molecule has 2 aromatic rings.